The third-order valence-corrected chi connectivity index (χ3v) is 3.44. The Bertz CT molecular complexity index is 445. The van der Waals surface area contributed by atoms with Crippen LogP contribution >= 0.6 is 27.5 Å². The minimum absolute atomic E-state index is 0.527. The maximum absolute atomic E-state index is 5.60. The van der Waals surface area contributed by atoms with Crippen molar-refractivity contribution < 1.29 is 4.74 Å². The number of aryl methyl sites for hydroxylation is 1. The smallest absolute Gasteiger partial charge is 0.126 e. The van der Waals surface area contributed by atoms with E-state index < -0.39 is 0 Å². The Hall–Kier alpha value is -0.940. The third-order valence-electron chi connectivity index (χ3n) is 1.92. The monoisotopic (exact) mass is 284 g/mol. The van der Waals surface area contributed by atoms with Crippen molar-refractivity contribution in [3.8, 4) is 5.75 Å². The highest BCUT2D eigenvalue weighted by Crippen LogP contribution is 2.22. The van der Waals surface area contributed by atoms with Gasteiger partial charge in [-0.25, -0.2) is 0 Å². The molecule has 5 heteroatoms. The Morgan fingerprint density at radius 2 is 2.33 bits per heavy atom. The lowest BCUT2D eigenvalue weighted by Crippen LogP contribution is -1.93. The van der Waals surface area contributed by atoms with Crippen LogP contribution in [-0.2, 0) is 6.61 Å². The van der Waals surface area contributed by atoms with Gasteiger partial charge in [-0.2, -0.15) is 0 Å². The molecule has 0 unspecified atom stereocenters. The van der Waals surface area contributed by atoms with E-state index in [1.807, 2.05) is 25.1 Å². The normalized spacial score (nSPS) is 10.3. The largest absolute Gasteiger partial charge is 0.488 e. The molecule has 1 aromatic carbocycles. The van der Waals surface area contributed by atoms with Gasteiger partial charge in [0.25, 0.3) is 0 Å². The van der Waals surface area contributed by atoms with Gasteiger partial charge >= 0.3 is 0 Å². The van der Waals surface area contributed by atoms with Gasteiger partial charge in [-0.15, -0.1) is 5.10 Å². The Balaban J connectivity index is 2.02. The van der Waals surface area contributed by atoms with Gasteiger partial charge in [0.2, 0.25) is 0 Å². The van der Waals surface area contributed by atoms with Crippen molar-refractivity contribution in [2.24, 2.45) is 0 Å². The fourth-order valence-corrected chi connectivity index (χ4v) is 1.76. The first-order valence-electron chi connectivity index (χ1n) is 4.41. The number of hydrogen-bond donors (Lipinski definition) is 0. The average Bonchev–Trinajstić information content (AvgIpc) is 2.73. The van der Waals surface area contributed by atoms with Gasteiger partial charge in [0.1, 0.15) is 12.4 Å². The van der Waals surface area contributed by atoms with E-state index in [-0.39, 0.29) is 0 Å². The van der Waals surface area contributed by atoms with Gasteiger partial charge in [-0.1, -0.05) is 20.4 Å². The molecule has 0 saturated heterocycles. The highest BCUT2D eigenvalue weighted by molar-refractivity contribution is 9.10. The van der Waals surface area contributed by atoms with E-state index in [1.165, 1.54) is 11.5 Å². The first-order chi connectivity index (χ1) is 7.25. The first kappa shape index (κ1) is 10.6. The lowest BCUT2D eigenvalue weighted by atomic mass is 10.2. The Kier molecular flexibility index (Phi) is 3.33. The average molecular weight is 285 g/mol. The number of ether oxygens (including phenoxy) is 1. The molecular formula is C10H9BrN2OS. The Labute approximate surface area is 100 Å². The van der Waals surface area contributed by atoms with Gasteiger partial charge in [0.15, 0.2) is 0 Å². The quantitative estimate of drug-likeness (QED) is 0.868. The van der Waals surface area contributed by atoms with Crippen LogP contribution in [0.15, 0.2) is 28.9 Å². The van der Waals surface area contributed by atoms with E-state index in [9.17, 15) is 0 Å². The van der Waals surface area contributed by atoms with E-state index in [4.69, 9.17) is 4.74 Å². The first-order valence-corrected chi connectivity index (χ1v) is 5.97. The second-order valence-electron chi connectivity index (χ2n) is 3.08. The maximum atomic E-state index is 5.60. The molecule has 0 amide bonds. The number of nitrogens with zero attached hydrogens (tertiary/aromatic N) is 2. The minimum Gasteiger partial charge on any atom is -0.488 e. The summed E-state index contributed by atoms with van der Waals surface area (Å²) >= 11 is 4.80. The molecule has 1 heterocycles. The van der Waals surface area contributed by atoms with Crippen LogP contribution in [-0.4, -0.2) is 9.59 Å². The lowest BCUT2D eigenvalue weighted by molar-refractivity contribution is 0.309. The van der Waals surface area contributed by atoms with Crippen molar-refractivity contribution in [2.45, 2.75) is 13.5 Å². The van der Waals surface area contributed by atoms with E-state index in [2.05, 4.69) is 25.5 Å². The van der Waals surface area contributed by atoms with Crippen LogP contribution in [0.4, 0.5) is 0 Å². The number of halogens is 1. The molecule has 0 aliphatic carbocycles. The number of rotatable bonds is 3. The van der Waals surface area contributed by atoms with Gasteiger partial charge in [0, 0.05) is 4.47 Å². The van der Waals surface area contributed by atoms with Crippen LogP contribution in [0, 0.1) is 6.92 Å². The summed E-state index contributed by atoms with van der Waals surface area (Å²) in [5, 5.41) is 3.75. The number of aromatic nitrogens is 2. The molecule has 0 fully saturated rings. The molecule has 0 N–H and O–H groups in total. The van der Waals surface area contributed by atoms with E-state index in [0.29, 0.717) is 6.61 Å². The summed E-state index contributed by atoms with van der Waals surface area (Å²) in [6.45, 7) is 2.56. The molecule has 3 nitrogen and oxygen atoms in total. The standard InChI is InChI=1S/C10H9BrN2OS/c1-7-4-8(2-3-10(7)11)14-6-9-5-12-13-15-9/h2-5H,6H2,1H3. The second kappa shape index (κ2) is 4.72. The molecule has 2 aromatic rings. The number of benzene rings is 1. The Morgan fingerprint density at radius 1 is 1.47 bits per heavy atom. The molecule has 78 valence electrons. The van der Waals surface area contributed by atoms with Crippen LogP contribution in [0.25, 0.3) is 0 Å². The molecule has 0 atom stereocenters. The second-order valence-corrected chi connectivity index (χ2v) is 4.81. The predicted molar refractivity (Wildman–Crippen MR) is 63.1 cm³/mol. The van der Waals surface area contributed by atoms with Gasteiger partial charge in [0.05, 0.1) is 11.1 Å². The van der Waals surface area contributed by atoms with Gasteiger partial charge < -0.3 is 4.74 Å². The molecule has 0 aliphatic rings. The molecular weight excluding hydrogens is 276 g/mol. The van der Waals surface area contributed by atoms with E-state index in [1.54, 1.807) is 6.20 Å². The van der Waals surface area contributed by atoms with Crippen molar-refractivity contribution in [1.82, 2.24) is 9.59 Å². The molecule has 0 bridgehead atoms. The summed E-state index contributed by atoms with van der Waals surface area (Å²) in [6, 6.07) is 5.92. The SMILES string of the molecule is Cc1cc(OCc2cnns2)ccc1Br. The van der Waals surface area contributed by atoms with Crippen LogP contribution in [0.2, 0.25) is 0 Å². The topological polar surface area (TPSA) is 35.0 Å². The van der Waals surface area contributed by atoms with E-state index in [0.717, 1.165) is 20.7 Å². The fourth-order valence-electron chi connectivity index (χ4n) is 1.11. The third kappa shape index (κ3) is 2.76. The summed E-state index contributed by atoms with van der Waals surface area (Å²) < 4.78 is 10.5. The van der Waals surface area contributed by atoms with Gasteiger partial charge in [-0.3, -0.25) is 0 Å². The lowest BCUT2D eigenvalue weighted by Gasteiger charge is -2.05. The Morgan fingerprint density at radius 3 is 3.00 bits per heavy atom. The summed E-state index contributed by atoms with van der Waals surface area (Å²) in [6.07, 6.45) is 1.72. The van der Waals surface area contributed by atoms with Crippen molar-refractivity contribution in [1.29, 1.82) is 0 Å². The summed E-state index contributed by atoms with van der Waals surface area (Å²) in [4.78, 5) is 1.02. The van der Waals surface area contributed by atoms with Crippen LogP contribution < -0.4 is 4.74 Å². The maximum Gasteiger partial charge on any atom is 0.126 e. The molecule has 2 rings (SSSR count). The fraction of sp³-hybridized carbons (Fsp3) is 0.200. The summed E-state index contributed by atoms with van der Waals surface area (Å²) in [5.74, 6) is 0.865. The van der Waals surface area contributed by atoms with Gasteiger partial charge in [-0.05, 0) is 42.2 Å². The molecule has 0 spiro atoms. The number of hydrogen-bond acceptors (Lipinski definition) is 4. The summed E-state index contributed by atoms with van der Waals surface area (Å²) in [5.41, 5.74) is 1.16. The molecule has 0 aliphatic heterocycles. The zero-order valence-electron chi connectivity index (χ0n) is 8.11. The van der Waals surface area contributed by atoms with Crippen molar-refractivity contribution >= 4 is 27.5 Å². The zero-order chi connectivity index (χ0) is 10.7. The predicted octanol–water partition coefficient (Wildman–Crippen LogP) is 3.19. The van der Waals surface area contributed by atoms with Crippen LogP contribution in [0.3, 0.4) is 0 Å². The minimum atomic E-state index is 0.527. The summed E-state index contributed by atoms with van der Waals surface area (Å²) in [7, 11) is 0. The molecule has 0 radical (unpaired) electrons. The van der Waals surface area contributed by atoms with Crippen molar-refractivity contribution in [3.63, 3.8) is 0 Å². The molecule has 1 aromatic heterocycles. The van der Waals surface area contributed by atoms with Crippen molar-refractivity contribution in [2.75, 3.05) is 0 Å². The van der Waals surface area contributed by atoms with Crippen LogP contribution in [0.1, 0.15) is 10.4 Å². The highest BCUT2D eigenvalue weighted by atomic mass is 79.9. The van der Waals surface area contributed by atoms with Crippen molar-refractivity contribution in [3.05, 3.63) is 39.3 Å². The highest BCUT2D eigenvalue weighted by Gasteiger charge is 2.00. The van der Waals surface area contributed by atoms with E-state index >= 15 is 0 Å². The van der Waals surface area contributed by atoms with Crippen LogP contribution in [0.5, 0.6) is 5.75 Å². The molecule has 15 heavy (non-hydrogen) atoms. The molecule has 0 saturated carbocycles. The zero-order valence-corrected chi connectivity index (χ0v) is 10.5.